The SMILES string of the molecule is Nc1nc(CSc2nnc(C3CC3)n2Cc2ccco2)nc2sc3c(c12)CCCCC3. The highest BCUT2D eigenvalue weighted by molar-refractivity contribution is 7.98. The molecular weight excluding hydrogens is 428 g/mol. The number of aromatic nitrogens is 5. The van der Waals surface area contributed by atoms with Crippen molar-refractivity contribution in [2.45, 2.75) is 68.3 Å². The third-order valence-corrected chi connectivity index (χ3v) is 8.20. The summed E-state index contributed by atoms with van der Waals surface area (Å²) in [5.41, 5.74) is 7.81. The number of anilines is 1. The van der Waals surface area contributed by atoms with Gasteiger partial charge in [0, 0.05) is 10.8 Å². The van der Waals surface area contributed by atoms with Crippen molar-refractivity contribution in [1.29, 1.82) is 0 Å². The number of hydrogen-bond donors (Lipinski definition) is 1. The summed E-state index contributed by atoms with van der Waals surface area (Å²) in [6.45, 7) is 0.647. The zero-order valence-corrected chi connectivity index (χ0v) is 18.8. The van der Waals surface area contributed by atoms with Crippen molar-refractivity contribution in [3.63, 3.8) is 0 Å². The lowest BCUT2D eigenvalue weighted by Crippen LogP contribution is -2.06. The second-order valence-electron chi connectivity index (χ2n) is 8.34. The molecule has 0 aromatic carbocycles. The number of nitrogens with two attached hydrogens (primary N) is 1. The van der Waals surface area contributed by atoms with E-state index in [0.29, 0.717) is 24.0 Å². The maximum absolute atomic E-state index is 6.42. The van der Waals surface area contributed by atoms with Crippen molar-refractivity contribution in [3.05, 3.63) is 46.2 Å². The van der Waals surface area contributed by atoms with Crippen molar-refractivity contribution >= 4 is 39.1 Å². The van der Waals surface area contributed by atoms with Crippen LogP contribution in [0.3, 0.4) is 0 Å². The molecule has 0 aliphatic heterocycles. The van der Waals surface area contributed by atoms with Gasteiger partial charge >= 0.3 is 0 Å². The zero-order chi connectivity index (χ0) is 20.8. The van der Waals surface area contributed by atoms with Gasteiger partial charge in [-0.3, -0.25) is 4.57 Å². The molecule has 0 atom stereocenters. The summed E-state index contributed by atoms with van der Waals surface area (Å²) in [6, 6.07) is 3.90. The van der Waals surface area contributed by atoms with E-state index in [1.807, 2.05) is 12.1 Å². The van der Waals surface area contributed by atoms with Crippen LogP contribution in [0.5, 0.6) is 0 Å². The van der Waals surface area contributed by atoms with Crippen LogP contribution < -0.4 is 5.73 Å². The summed E-state index contributed by atoms with van der Waals surface area (Å²) in [7, 11) is 0. The monoisotopic (exact) mass is 452 g/mol. The predicted octanol–water partition coefficient (Wildman–Crippen LogP) is 4.94. The minimum Gasteiger partial charge on any atom is -0.467 e. The van der Waals surface area contributed by atoms with E-state index in [9.17, 15) is 0 Å². The summed E-state index contributed by atoms with van der Waals surface area (Å²) in [4.78, 5) is 12.0. The first-order chi connectivity index (χ1) is 15.3. The van der Waals surface area contributed by atoms with Gasteiger partial charge in [0.15, 0.2) is 5.16 Å². The van der Waals surface area contributed by atoms with E-state index in [4.69, 9.17) is 15.1 Å². The Balaban J connectivity index is 1.27. The number of thiophene rings is 1. The van der Waals surface area contributed by atoms with Gasteiger partial charge in [0.25, 0.3) is 0 Å². The molecule has 31 heavy (non-hydrogen) atoms. The molecule has 160 valence electrons. The van der Waals surface area contributed by atoms with Gasteiger partial charge in [0.2, 0.25) is 0 Å². The maximum atomic E-state index is 6.42. The first-order valence-corrected chi connectivity index (χ1v) is 12.7. The van der Waals surface area contributed by atoms with Gasteiger partial charge in [-0.2, -0.15) is 0 Å². The number of fused-ring (bicyclic) bond motifs is 3. The number of nitrogen functional groups attached to an aromatic ring is 1. The third kappa shape index (κ3) is 3.74. The summed E-state index contributed by atoms with van der Waals surface area (Å²) in [5, 5.41) is 10.9. The molecule has 1 fully saturated rings. The van der Waals surface area contributed by atoms with Crippen LogP contribution in [0.25, 0.3) is 10.2 Å². The number of nitrogens with zero attached hydrogens (tertiary/aromatic N) is 5. The molecule has 4 heterocycles. The fourth-order valence-electron chi connectivity index (χ4n) is 4.36. The Bertz CT molecular complexity index is 1220. The maximum Gasteiger partial charge on any atom is 0.192 e. The van der Waals surface area contributed by atoms with Crippen molar-refractivity contribution in [2.24, 2.45) is 0 Å². The Morgan fingerprint density at radius 1 is 1.16 bits per heavy atom. The van der Waals surface area contributed by atoms with E-state index >= 15 is 0 Å². The zero-order valence-electron chi connectivity index (χ0n) is 17.2. The van der Waals surface area contributed by atoms with Crippen molar-refractivity contribution in [2.75, 3.05) is 5.73 Å². The highest BCUT2D eigenvalue weighted by Gasteiger charge is 2.31. The Kier molecular flexibility index (Phi) is 4.95. The van der Waals surface area contributed by atoms with Gasteiger partial charge in [-0.25, -0.2) is 9.97 Å². The third-order valence-electron chi connectivity index (χ3n) is 6.05. The summed E-state index contributed by atoms with van der Waals surface area (Å²) in [6.07, 6.45) is 10.1. The molecule has 4 aromatic heterocycles. The van der Waals surface area contributed by atoms with Gasteiger partial charge in [0.1, 0.15) is 28.1 Å². The number of aryl methyl sites for hydroxylation is 2. The molecule has 0 amide bonds. The minimum atomic E-state index is 0.515. The molecule has 0 bridgehead atoms. The van der Waals surface area contributed by atoms with E-state index in [2.05, 4.69) is 19.7 Å². The molecule has 6 rings (SSSR count). The Hall–Kier alpha value is -2.39. The van der Waals surface area contributed by atoms with Crippen LogP contribution in [0.15, 0.2) is 28.0 Å². The van der Waals surface area contributed by atoms with Crippen molar-refractivity contribution < 1.29 is 4.42 Å². The molecule has 2 aliphatic carbocycles. The second kappa shape index (κ2) is 7.94. The number of thioether (sulfide) groups is 1. The Morgan fingerprint density at radius 3 is 2.90 bits per heavy atom. The molecule has 4 aromatic rings. The first kappa shape index (κ1) is 19.3. The lowest BCUT2D eigenvalue weighted by atomic mass is 10.1. The first-order valence-electron chi connectivity index (χ1n) is 10.9. The van der Waals surface area contributed by atoms with Crippen LogP contribution in [0.1, 0.15) is 65.9 Å². The standard InChI is InChI=1S/C22H24N6OS2/c23-19-18-15-6-2-1-3-7-16(15)31-21(18)25-17(24-19)12-30-22-27-26-20(13-8-9-13)28(22)11-14-5-4-10-29-14/h4-5,10,13H,1-3,6-9,11-12H2,(H2,23,24,25). The molecule has 7 nitrogen and oxygen atoms in total. The smallest absolute Gasteiger partial charge is 0.192 e. The van der Waals surface area contributed by atoms with Crippen LogP contribution in [-0.2, 0) is 25.1 Å². The van der Waals surface area contributed by atoms with Crippen LogP contribution in [0.2, 0.25) is 0 Å². The number of hydrogen-bond acceptors (Lipinski definition) is 8. The molecule has 0 saturated heterocycles. The fraction of sp³-hybridized carbons (Fsp3) is 0.455. The fourth-order valence-corrected chi connectivity index (χ4v) is 6.45. The van der Waals surface area contributed by atoms with Crippen LogP contribution >= 0.6 is 23.1 Å². The van der Waals surface area contributed by atoms with E-state index < -0.39 is 0 Å². The van der Waals surface area contributed by atoms with Gasteiger partial charge < -0.3 is 10.2 Å². The molecule has 0 unspecified atom stereocenters. The largest absolute Gasteiger partial charge is 0.467 e. The molecule has 2 N–H and O–H groups in total. The lowest BCUT2D eigenvalue weighted by molar-refractivity contribution is 0.478. The normalized spacial score (nSPS) is 16.5. The average molecular weight is 453 g/mol. The number of rotatable bonds is 6. The Morgan fingerprint density at radius 2 is 2.06 bits per heavy atom. The van der Waals surface area contributed by atoms with E-state index in [1.165, 1.54) is 42.5 Å². The van der Waals surface area contributed by atoms with Gasteiger partial charge in [-0.1, -0.05) is 18.2 Å². The summed E-state index contributed by atoms with van der Waals surface area (Å²) in [5.74, 6) is 4.47. The highest BCUT2D eigenvalue weighted by Crippen LogP contribution is 2.41. The molecule has 0 radical (unpaired) electrons. The molecule has 1 saturated carbocycles. The second-order valence-corrected chi connectivity index (χ2v) is 10.4. The van der Waals surface area contributed by atoms with Gasteiger partial charge in [-0.05, 0) is 56.2 Å². The summed E-state index contributed by atoms with van der Waals surface area (Å²) >= 11 is 3.41. The molecule has 0 spiro atoms. The minimum absolute atomic E-state index is 0.515. The van der Waals surface area contributed by atoms with E-state index in [-0.39, 0.29) is 0 Å². The van der Waals surface area contributed by atoms with Gasteiger partial charge in [0.05, 0.1) is 23.9 Å². The van der Waals surface area contributed by atoms with Crippen LogP contribution in [0, 0.1) is 0 Å². The molecular formula is C22H24N6OS2. The quantitative estimate of drug-likeness (QED) is 0.327. The van der Waals surface area contributed by atoms with Crippen molar-refractivity contribution in [1.82, 2.24) is 24.7 Å². The predicted molar refractivity (Wildman–Crippen MR) is 122 cm³/mol. The topological polar surface area (TPSA) is 95.7 Å². The van der Waals surface area contributed by atoms with Crippen LogP contribution in [0.4, 0.5) is 5.82 Å². The number of furan rings is 1. The highest BCUT2D eigenvalue weighted by atomic mass is 32.2. The van der Waals surface area contributed by atoms with Crippen LogP contribution in [-0.4, -0.2) is 24.7 Å². The molecule has 2 aliphatic rings. The van der Waals surface area contributed by atoms with Gasteiger partial charge in [-0.15, -0.1) is 21.5 Å². The molecule has 9 heteroatoms. The lowest BCUT2D eigenvalue weighted by Gasteiger charge is -2.08. The van der Waals surface area contributed by atoms with E-state index in [0.717, 1.165) is 45.6 Å². The average Bonchev–Trinajstić information content (AvgIpc) is 3.25. The Labute approximate surface area is 188 Å². The van der Waals surface area contributed by atoms with Crippen molar-refractivity contribution in [3.8, 4) is 0 Å². The summed E-state index contributed by atoms with van der Waals surface area (Å²) < 4.78 is 7.74. The van der Waals surface area contributed by atoms with E-state index in [1.54, 1.807) is 29.4 Å².